The van der Waals surface area contributed by atoms with E-state index in [-0.39, 0.29) is 0 Å². The Bertz CT molecular complexity index is 471. The van der Waals surface area contributed by atoms with Crippen molar-refractivity contribution in [2.24, 2.45) is 0 Å². The van der Waals surface area contributed by atoms with E-state index in [9.17, 15) is 57.1 Å². The minimum Gasteiger partial charge on any atom is -0.243 e. The highest BCUT2D eigenvalue weighted by Crippen LogP contribution is 2.47. The van der Waals surface area contributed by atoms with Gasteiger partial charge in [-0.25, -0.2) is 39.5 Å². The summed E-state index contributed by atoms with van der Waals surface area (Å²) < 4.78 is 170. The lowest BCUT2D eigenvalue weighted by Gasteiger charge is -2.36. The molecule has 0 fully saturated rings. The van der Waals surface area contributed by atoms with Crippen LogP contribution in [0.4, 0.5) is 57.1 Å². The monoisotopic (exact) mass is 468 g/mol. The largest absolute Gasteiger partial charge is 0.346 e. The van der Waals surface area contributed by atoms with Crippen LogP contribution in [0.3, 0.4) is 0 Å². The van der Waals surface area contributed by atoms with Gasteiger partial charge in [0.25, 0.3) is 6.43 Å². The van der Waals surface area contributed by atoms with Gasteiger partial charge in [-0.3, -0.25) is 0 Å². The summed E-state index contributed by atoms with van der Waals surface area (Å²) in [6.07, 6.45) is -30.4. The second-order valence-electron chi connectivity index (χ2n) is 6.13. The second kappa shape index (κ2) is 8.95. The van der Waals surface area contributed by atoms with E-state index >= 15 is 0 Å². The van der Waals surface area contributed by atoms with E-state index < -0.39 is 68.5 Å². The first kappa shape index (κ1) is 26.6. The van der Waals surface area contributed by atoms with Crippen molar-refractivity contribution >= 4 is 18.5 Å². The summed E-state index contributed by atoms with van der Waals surface area (Å²) in [6, 6.07) is 0. The maximum Gasteiger partial charge on any atom is 0.346 e. The molecule has 0 nitrogen and oxygen atoms in total. The Morgan fingerprint density at radius 2 is 0.926 bits per heavy atom. The standard InChI is InChI=1S/C12H14ClF13Si/c1-27(2,13)10(22)12(25,26)11(23,24)8(19)6(17)4(15)3(14)5(16)7(18)9(20)21/h3-10H,1-2H3. The lowest BCUT2D eigenvalue weighted by atomic mass is 9.96. The fourth-order valence-electron chi connectivity index (χ4n) is 1.81. The second-order valence-corrected chi connectivity index (χ2v) is 12.7. The van der Waals surface area contributed by atoms with E-state index in [0.717, 1.165) is 0 Å². The Labute approximate surface area is 150 Å². The highest BCUT2D eigenvalue weighted by Gasteiger charge is 2.71. The molecule has 0 saturated carbocycles. The smallest absolute Gasteiger partial charge is 0.243 e. The summed E-state index contributed by atoms with van der Waals surface area (Å²) in [5, 5.41) is 0. The predicted molar refractivity (Wildman–Crippen MR) is 73.5 cm³/mol. The van der Waals surface area contributed by atoms with E-state index in [1.807, 2.05) is 0 Å². The average molecular weight is 469 g/mol. The van der Waals surface area contributed by atoms with Crippen LogP contribution in [0.1, 0.15) is 0 Å². The van der Waals surface area contributed by atoms with Crippen molar-refractivity contribution in [3.63, 3.8) is 0 Å². The van der Waals surface area contributed by atoms with Crippen LogP contribution in [-0.4, -0.2) is 68.5 Å². The van der Waals surface area contributed by atoms with Gasteiger partial charge in [-0.15, -0.1) is 0 Å². The molecule has 15 heteroatoms. The molecule has 0 amide bonds. The first-order valence-corrected chi connectivity index (χ1v) is 11.1. The molecule has 0 aromatic carbocycles. The van der Waals surface area contributed by atoms with Crippen molar-refractivity contribution in [2.75, 3.05) is 0 Å². The third-order valence-corrected chi connectivity index (χ3v) is 5.59. The number of hydrogen-bond acceptors (Lipinski definition) is 0. The molecule has 0 N–H and O–H groups in total. The lowest BCUT2D eigenvalue weighted by Crippen LogP contribution is -2.62. The van der Waals surface area contributed by atoms with E-state index in [1.165, 1.54) is 0 Å². The highest BCUT2D eigenvalue weighted by molar-refractivity contribution is 7.19. The van der Waals surface area contributed by atoms with Crippen LogP contribution in [0.2, 0.25) is 13.1 Å². The lowest BCUT2D eigenvalue weighted by molar-refractivity contribution is -0.265. The van der Waals surface area contributed by atoms with Gasteiger partial charge in [0.1, 0.15) is 0 Å². The zero-order valence-electron chi connectivity index (χ0n) is 13.4. The topological polar surface area (TPSA) is 0 Å². The van der Waals surface area contributed by atoms with Crippen molar-refractivity contribution in [2.45, 2.75) is 74.2 Å². The molecular weight excluding hydrogens is 455 g/mol. The Morgan fingerprint density at radius 3 is 1.26 bits per heavy atom. The first-order valence-electron chi connectivity index (χ1n) is 7.02. The first-order chi connectivity index (χ1) is 11.8. The molecular formula is C12H14ClF13Si. The number of rotatable bonds is 10. The fourth-order valence-corrected chi connectivity index (χ4v) is 3.28. The van der Waals surface area contributed by atoms with Gasteiger partial charge < -0.3 is 0 Å². The molecule has 0 aliphatic carbocycles. The molecule has 0 aliphatic heterocycles. The predicted octanol–water partition coefficient (Wildman–Crippen LogP) is 5.87. The van der Waals surface area contributed by atoms with Gasteiger partial charge in [-0.2, -0.15) is 28.6 Å². The van der Waals surface area contributed by atoms with Gasteiger partial charge in [0.15, 0.2) is 44.0 Å². The molecule has 0 aromatic heterocycles. The van der Waals surface area contributed by atoms with Gasteiger partial charge in [0.2, 0.25) is 6.17 Å². The molecule has 0 saturated heterocycles. The summed E-state index contributed by atoms with van der Waals surface area (Å²) >= 11 is 5.22. The van der Waals surface area contributed by atoms with Crippen LogP contribution in [-0.2, 0) is 0 Å². The summed E-state index contributed by atoms with van der Waals surface area (Å²) in [4.78, 5) is 0. The molecule has 0 spiro atoms. The molecule has 0 radical (unpaired) electrons. The molecule has 0 heterocycles. The number of hydrogen-bond donors (Lipinski definition) is 0. The number of alkyl halides is 13. The van der Waals surface area contributed by atoms with Crippen molar-refractivity contribution in [1.82, 2.24) is 0 Å². The van der Waals surface area contributed by atoms with Gasteiger partial charge in [0.05, 0.1) is 0 Å². The summed E-state index contributed by atoms with van der Waals surface area (Å²) in [7, 11) is -4.26. The van der Waals surface area contributed by atoms with E-state index in [1.54, 1.807) is 0 Å². The molecule has 7 atom stereocenters. The third kappa shape index (κ3) is 5.57. The summed E-state index contributed by atoms with van der Waals surface area (Å²) in [5.41, 5.74) is 0. The Hall–Kier alpha value is -0.403. The van der Waals surface area contributed by atoms with Crippen LogP contribution in [0.25, 0.3) is 0 Å². The van der Waals surface area contributed by atoms with Gasteiger partial charge in [-0.1, -0.05) is 13.1 Å². The van der Waals surface area contributed by atoms with E-state index in [4.69, 9.17) is 11.1 Å². The average Bonchev–Trinajstić information content (AvgIpc) is 2.55. The third-order valence-electron chi connectivity index (χ3n) is 3.45. The number of halogens is 14. The van der Waals surface area contributed by atoms with Gasteiger partial charge >= 0.3 is 11.8 Å². The SMILES string of the molecule is C[Si](C)(Cl)C(F)C(F)(F)C(F)(F)C(F)C(F)C(F)C(F)C(F)C(F)C(F)F. The molecule has 0 bridgehead atoms. The molecule has 0 rings (SSSR count). The van der Waals surface area contributed by atoms with Crippen LogP contribution in [0.5, 0.6) is 0 Å². The van der Waals surface area contributed by atoms with Crippen LogP contribution in [0, 0.1) is 0 Å². The zero-order valence-corrected chi connectivity index (χ0v) is 15.2. The maximum atomic E-state index is 13.5. The Balaban J connectivity index is 5.53. The van der Waals surface area contributed by atoms with Gasteiger partial charge in [0, 0.05) is 0 Å². The zero-order chi connectivity index (χ0) is 22.1. The van der Waals surface area contributed by atoms with Crippen LogP contribution in [0.15, 0.2) is 0 Å². The van der Waals surface area contributed by atoms with Crippen molar-refractivity contribution in [3.05, 3.63) is 0 Å². The van der Waals surface area contributed by atoms with Crippen molar-refractivity contribution in [3.8, 4) is 0 Å². The van der Waals surface area contributed by atoms with Crippen LogP contribution >= 0.6 is 11.1 Å². The van der Waals surface area contributed by atoms with Gasteiger partial charge in [-0.05, 0) is 0 Å². The highest BCUT2D eigenvalue weighted by atomic mass is 35.6. The minimum atomic E-state index is -6.28. The molecule has 164 valence electrons. The quantitative estimate of drug-likeness (QED) is 0.214. The molecule has 0 aliphatic rings. The Kier molecular flexibility index (Phi) is 8.82. The maximum absolute atomic E-state index is 13.5. The van der Waals surface area contributed by atoms with E-state index in [0.29, 0.717) is 13.1 Å². The molecule has 27 heavy (non-hydrogen) atoms. The Morgan fingerprint density at radius 1 is 0.593 bits per heavy atom. The minimum absolute atomic E-state index is 0.609. The van der Waals surface area contributed by atoms with Crippen LogP contribution < -0.4 is 0 Å². The summed E-state index contributed by atoms with van der Waals surface area (Å²) in [5.74, 6) is -16.1. The molecule has 0 aromatic rings. The van der Waals surface area contributed by atoms with Crippen molar-refractivity contribution < 1.29 is 57.1 Å². The fraction of sp³-hybridized carbons (Fsp3) is 1.00. The van der Waals surface area contributed by atoms with Crippen molar-refractivity contribution in [1.29, 1.82) is 0 Å². The normalized spacial score (nSPS) is 22.1. The van der Waals surface area contributed by atoms with E-state index in [2.05, 4.69) is 0 Å². The summed E-state index contributed by atoms with van der Waals surface area (Å²) in [6.45, 7) is 1.22. The molecule has 7 unspecified atom stereocenters.